The Balaban J connectivity index is 3.00. The Morgan fingerprint density at radius 3 is 1.71 bits per heavy atom. The van der Waals surface area contributed by atoms with Crippen LogP contribution in [-0.4, -0.2) is 34.7 Å². The maximum absolute atomic E-state index is 12.2. The molecule has 0 aliphatic heterocycles. The van der Waals surface area contributed by atoms with E-state index < -0.39 is 29.5 Å². The van der Waals surface area contributed by atoms with Gasteiger partial charge < -0.3 is 0 Å². The van der Waals surface area contributed by atoms with Crippen molar-refractivity contribution in [1.29, 1.82) is 0 Å². The summed E-state index contributed by atoms with van der Waals surface area (Å²) in [5, 5.41) is 0. The zero-order valence-electron chi connectivity index (χ0n) is 14.6. The van der Waals surface area contributed by atoms with Gasteiger partial charge in [0.05, 0.1) is 19.3 Å². The third-order valence-electron chi connectivity index (χ3n) is 4.76. The number of carbonyl (C=O) groups excluding carboxylic acids is 6. The second kappa shape index (κ2) is 8.22. The van der Waals surface area contributed by atoms with E-state index in [1.807, 2.05) is 0 Å². The number of ketones is 6. The summed E-state index contributed by atoms with van der Waals surface area (Å²) in [6.45, 7) is 5.98. The predicted molar refractivity (Wildman–Crippen MR) is 85.2 cm³/mol. The molecule has 1 fully saturated rings. The maximum atomic E-state index is 12.2. The van der Waals surface area contributed by atoms with Crippen molar-refractivity contribution in [3.63, 3.8) is 0 Å². The van der Waals surface area contributed by atoms with Gasteiger partial charge in [-0.15, -0.1) is 0 Å². The van der Waals surface area contributed by atoms with Gasteiger partial charge in [-0.3, -0.25) is 28.8 Å². The standard InChI is InChI=1S/C18H24O6/c1-5-12(20)7-14(22)11(4)18-16(24)8-15(23)17(18)10(3)13(21)6-9(2)19/h10-11,17-18H,5-8H2,1-4H3. The van der Waals surface area contributed by atoms with E-state index in [9.17, 15) is 28.8 Å². The van der Waals surface area contributed by atoms with Gasteiger partial charge in [0.25, 0.3) is 0 Å². The highest BCUT2D eigenvalue weighted by atomic mass is 16.2. The van der Waals surface area contributed by atoms with Gasteiger partial charge in [0.1, 0.15) is 34.7 Å². The molecule has 4 atom stereocenters. The first-order chi connectivity index (χ1) is 11.1. The Labute approximate surface area is 141 Å². The fraction of sp³-hybridized carbons (Fsp3) is 0.667. The van der Waals surface area contributed by atoms with E-state index in [-0.39, 0.29) is 54.6 Å². The summed E-state index contributed by atoms with van der Waals surface area (Å²) in [4.78, 5) is 71.4. The lowest BCUT2D eigenvalue weighted by Crippen LogP contribution is -2.37. The van der Waals surface area contributed by atoms with Gasteiger partial charge in [0.2, 0.25) is 0 Å². The molecular weight excluding hydrogens is 312 g/mol. The minimum atomic E-state index is -0.889. The normalized spacial score (nSPS) is 23.0. The summed E-state index contributed by atoms with van der Waals surface area (Å²) in [6.07, 6.45) is -0.625. The lowest BCUT2D eigenvalue weighted by molar-refractivity contribution is -0.138. The highest BCUT2D eigenvalue weighted by molar-refractivity contribution is 6.13. The van der Waals surface area contributed by atoms with Crippen LogP contribution in [0.25, 0.3) is 0 Å². The van der Waals surface area contributed by atoms with E-state index >= 15 is 0 Å². The summed E-state index contributed by atoms with van der Waals surface area (Å²) in [5.41, 5.74) is 0. The lowest BCUT2D eigenvalue weighted by Gasteiger charge is -2.26. The van der Waals surface area contributed by atoms with E-state index in [0.717, 1.165) is 0 Å². The highest BCUT2D eigenvalue weighted by Gasteiger charge is 2.49. The molecule has 0 aromatic heterocycles. The molecule has 0 saturated heterocycles. The van der Waals surface area contributed by atoms with E-state index in [4.69, 9.17) is 0 Å². The van der Waals surface area contributed by atoms with Gasteiger partial charge in [0, 0.05) is 30.1 Å². The second-order valence-corrected chi connectivity index (χ2v) is 6.62. The summed E-state index contributed by atoms with van der Waals surface area (Å²) in [7, 11) is 0. The summed E-state index contributed by atoms with van der Waals surface area (Å²) in [5.74, 6) is -5.41. The highest BCUT2D eigenvalue weighted by Crippen LogP contribution is 2.38. The van der Waals surface area contributed by atoms with Crippen LogP contribution >= 0.6 is 0 Å². The van der Waals surface area contributed by atoms with Gasteiger partial charge in [-0.05, 0) is 6.92 Å². The van der Waals surface area contributed by atoms with Crippen LogP contribution in [0.4, 0.5) is 0 Å². The molecule has 1 rings (SSSR count). The van der Waals surface area contributed by atoms with Crippen LogP contribution in [0.2, 0.25) is 0 Å². The van der Waals surface area contributed by atoms with Crippen LogP contribution in [0.5, 0.6) is 0 Å². The first kappa shape index (κ1) is 20.1. The molecule has 0 N–H and O–H groups in total. The van der Waals surface area contributed by atoms with Crippen LogP contribution in [0.3, 0.4) is 0 Å². The van der Waals surface area contributed by atoms with E-state index in [1.165, 1.54) is 20.8 Å². The Morgan fingerprint density at radius 2 is 1.33 bits per heavy atom. The molecule has 1 aliphatic carbocycles. The summed E-state index contributed by atoms with van der Waals surface area (Å²) in [6, 6.07) is 0. The van der Waals surface area contributed by atoms with Crippen LogP contribution in [0.15, 0.2) is 0 Å². The molecule has 1 saturated carbocycles. The summed E-state index contributed by atoms with van der Waals surface area (Å²) < 4.78 is 0. The Morgan fingerprint density at radius 1 is 0.917 bits per heavy atom. The fourth-order valence-electron chi connectivity index (χ4n) is 3.27. The second-order valence-electron chi connectivity index (χ2n) is 6.62. The van der Waals surface area contributed by atoms with Crippen molar-refractivity contribution in [2.24, 2.45) is 23.7 Å². The lowest BCUT2D eigenvalue weighted by atomic mass is 9.73. The number of hydrogen-bond donors (Lipinski definition) is 0. The van der Waals surface area contributed by atoms with Gasteiger partial charge in [-0.2, -0.15) is 0 Å². The molecule has 24 heavy (non-hydrogen) atoms. The van der Waals surface area contributed by atoms with Gasteiger partial charge in [-0.1, -0.05) is 20.8 Å². The third kappa shape index (κ3) is 4.52. The average Bonchev–Trinajstić information content (AvgIpc) is 2.78. The minimum absolute atomic E-state index is 0.221. The summed E-state index contributed by atoms with van der Waals surface area (Å²) >= 11 is 0. The number of rotatable bonds is 9. The number of carbonyl (C=O) groups is 6. The van der Waals surface area contributed by atoms with Crippen molar-refractivity contribution in [2.75, 3.05) is 0 Å². The Kier molecular flexibility index (Phi) is 6.87. The van der Waals surface area contributed by atoms with E-state index in [2.05, 4.69) is 0 Å². The predicted octanol–water partition coefficient (Wildman–Crippen LogP) is 1.52. The van der Waals surface area contributed by atoms with Crippen molar-refractivity contribution < 1.29 is 28.8 Å². The van der Waals surface area contributed by atoms with Crippen molar-refractivity contribution in [3.05, 3.63) is 0 Å². The van der Waals surface area contributed by atoms with Gasteiger partial charge in [0.15, 0.2) is 0 Å². The number of hydrogen-bond acceptors (Lipinski definition) is 6. The molecule has 6 heteroatoms. The molecule has 0 aromatic carbocycles. The van der Waals surface area contributed by atoms with Crippen molar-refractivity contribution in [3.8, 4) is 0 Å². The first-order valence-electron chi connectivity index (χ1n) is 8.22. The molecule has 0 amide bonds. The smallest absolute Gasteiger partial charge is 0.144 e. The third-order valence-corrected chi connectivity index (χ3v) is 4.76. The molecule has 132 valence electrons. The molecule has 4 unspecified atom stereocenters. The quantitative estimate of drug-likeness (QED) is 0.591. The van der Waals surface area contributed by atoms with Crippen LogP contribution in [0.1, 0.15) is 53.4 Å². The van der Waals surface area contributed by atoms with Crippen LogP contribution in [-0.2, 0) is 28.8 Å². The van der Waals surface area contributed by atoms with E-state index in [0.29, 0.717) is 0 Å². The zero-order valence-corrected chi connectivity index (χ0v) is 14.6. The van der Waals surface area contributed by atoms with Crippen molar-refractivity contribution in [2.45, 2.75) is 53.4 Å². The fourth-order valence-corrected chi connectivity index (χ4v) is 3.27. The minimum Gasteiger partial charge on any atom is -0.300 e. The maximum Gasteiger partial charge on any atom is 0.144 e. The van der Waals surface area contributed by atoms with Crippen molar-refractivity contribution in [1.82, 2.24) is 0 Å². The molecule has 0 aromatic rings. The molecule has 0 bridgehead atoms. The van der Waals surface area contributed by atoms with E-state index in [1.54, 1.807) is 6.92 Å². The monoisotopic (exact) mass is 336 g/mol. The van der Waals surface area contributed by atoms with Crippen LogP contribution < -0.4 is 0 Å². The molecule has 0 radical (unpaired) electrons. The first-order valence-corrected chi connectivity index (χ1v) is 8.22. The van der Waals surface area contributed by atoms with Crippen molar-refractivity contribution >= 4 is 34.7 Å². The molecule has 1 aliphatic rings. The topological polar surface area (TPSA) is 102 Å². The Bertz CT molecular complexity index is 588. The average molecular weight is 336 g/mol. The largest absolute Gasteiger partial charge is 0.300 e. The molecular formula is C18H24O6. The molecule has 0 spiro atoms. The van der Waals surface area contributed by atoms with Gasteiger partial charge >= 0.3 is 0 Å². The van der Waals surface area contributed by atoms with Gasteiger partial charge in [-0.25, -0.2) is 0 Å². The van der Waals surface area contributed by atoms with Crippen LogP contribution in [0, 0.1) is 23.7 Å². The molecule has 6 nitrogen and oxygen atoms in total. The SMILES string of the molecule is CCC(=O)CC(=O)C(C)C1C(=O)CC(=O)C1C(C)C(=O)CC(C)=O. The number of Topliss-reactive ketones (excluding diaryl/α,β-unsaturated/α-hetero) is 6. The Hall–Kier alpha value is -1.98. The molecule has 0 heterocycles. The zero-order chi connectivity index (χ0) is 18.6.